The first-order valence-electron chi connectivity index (χ1n) is 12.9. The van der Waals surface area contributed by atoms with Crippen LogP contribution in [0.4, 0.5) is 13.2 Å². The van der Waals surface area contributed by atoms with Crippen LogP contribution in [0.5, 0.6) is 11.5 Å². The Hall–Kier alpha value is -4.61. The van der Waals surface area contributed by atoms with E-state index in [2.05, 4.69) is 4.74 Å². The van der Waals surface area contributed by atoms with Crippen LogP contribution in [0.2, 0.25) is 0 Å². The van der Waals surface area contributed by atoms with E-state index in [1.54, 1.807) is 43.3 Å². The minimum Gasteiger partial charge on any atom is -0.508 e. The number of aromatic hydroxyl groups is 1. The first-order chi connectivity index (χ1) is 19.3. The molecule has 2 heterocycles. The van der Waals surface area contributed by atoms with Crippen molar-refractivity contribution in [3.05, 3.63) is 98.4 Å². The lowest BCUT2D eigenvalue weighted by atomic mass is 9.51. The third-order valence-corrected chi connectivity index (χ3v) is 8.46. The van der Waals surface area contributed by atoms with Gasteiger partial charge in [0.05, 0.1) is 23.7 Å². The van der Waals surface area contributed by atoms with Gasteiger partial charge in [0.2, 0.25) is 0 Å². The molecule has 1 aromatic heterocycles. The summed E-state index contributed by atoms with van der Waals surface area (Å²) < 4.78 is 46.9. The minimum absolute atomic E-state index is 0.00909. The molecular formula is C29H24F3N3O6. The van der Waals surface area contributed by atoms with Gasteiger partial charge in [0.15, 0.2) is 11.6 Å². The SMILES string of the molecule is CC1=CC(=O)[C@@H]2C[C@@H]3C(=CCn4c(=O)n(-c5ccccc5)c(=O)n43)[C@H](c3cc(OC(F)(F)F)ccc3O)[C@]2(C)C1=O. The number of benzene rings is 2. The fourth-order valence-electron chi connectivity index (χ4n) is 6.76. The number of nitrogens with zero attached hydrogens (tertiary/aromatic N) is 3. The van der Waals surface area contributed by atoms with Crippen LogP contribution in [0.25, 0.3) is 5.69 Å². The number of Topliss-reactive ketones (excluding diaryl/α,β-unsaturated/α-hetero) is 1. The summed E-state index contributed by atoms with van der Waals surface area (Å²) in [6, 6.07) is 10.4. The number of ether oxygens (including phenoxy) is 1. The highest BCUT2D eigenvalue weighted by atomic mass is 19.4. The van der Waals surface area contributed by atoms with E-state index in [9.17, 15) is 37.5 Å². The maximum absolute atomic E-state index is 13.8. The molecule has 3 aromatic rings. The van der Waals surface area contributed by atoms with Gasteiger partial charge >= 0.3 is 17.7 Å². The molecule has 2 aliphatic carbocycles. The molecule has 1 fully saturated rings. The Morgan fingerprint density at radius 3 is 2.41 bits per heavy atom. The number of phenolic OH excluding ortho intramolecular Hbond substituents is 1. The number of carbonyl (C=O) groups excluding carboxylic acids is 2. The molecule has 4 atom stereocenters. The molecule has 0 unspecified atom stereocenters. The van der Waals surface area contributed by atoms with Crippen molar-refractivity contribution < 1.29 is 32.6 Å². The molecule has 0 radical (unpaired) electrons. The normalized spacial score (nSPS) is 25.5. The molecule has 212 valence electrons. The van der Waals surface area contributed by atoms with Gasteiger partial charge in [-0.05, 0) is 60.9 Å². The van der Waals surface area contributed by atoms with Gasteiger partial charge in [-0.15, -0.1) is 13.2 Å². The molecule has 1 saturated carbocycles. The molecule has 2 aromatic carbocycles. The highest BCUT2D eigenvalue weighted by molar-refractivity contribution is 6.13. The standard InChI is InChI=1S/C29H24F3N3O6/c1-15-12-23(37)20-14-21-18(10-11-33-26(39)34(27(40)35(21)33)16-6-4-3-5-7-16)24(28(20,2)25(15)38)19-13-17(8-9-22(19)36)41-29(30,31)32/h3-10,12-13,20-21,24,36H,11,14H2,1-2H3/t20-,21+,24+,28+/m0/s1. The van der Waals surface area contributed by atoms with Crippen LogP contribution < -0.4 is 16.1 Å². The van der Waals surface area contributed by atoms with Gasteiger partial charge in [-0.1, -0.05) is 31.2 Å². The van der Waals surface area contributed by atoms with Crippen molar-refractivity contribution in [3.63, 3.8) is 0 Å². The van der Waals surface area contributed by atoms with Crippen LogP contribution in [-0.2, 0) is 16.1 Å². The molecule has 41 heavy (non-hydrogen) atoms. The van der Waals surface area contributed by atoms with Gasteiger partial charge in [0.25, 0.3) is 0 Å². The highest BCUT2D eigenvalue weighted by Gasteiger charge is 2.60. The average Bonchev–Trinajstić information content (AvgIpc) is 3.17. The summed E-state index contributed by atoms with van der Waals surface area (Å²) >= 11 is 0. The predicted molar refractivity (Wildman–Crippen MR) is 139 cm³/mol. The number of hydrogen-bond acceptors (Lipinski definition) is 6. The van der Waals surface area contributed by atoms with E-state index in [-0.39, 0.29) is 29.9 Å². The number of allylic oxidation sites excluding steroid dienone is 4. The van der Waals surface area contributed by atoms with Crippen molar-refractivity contribution in [2.75, 3.05) is 0 Å². The van der Waals surface area contributed by atoms with Gasteiger partial charge in [0.1, 0.15) is 11.5 Å². The van der Waals surface area contributed by atoms with Crippen molar-refractivity contribution >= 4 is 11.6 Å². The number of carbonyl (C=O) groups is 2. The predicted octanol–water partition coefficient (Wildman–Crippen LogP) is 3.79. The molecule has 0 spiro atoms. The van der Waals surface area contributed by atoms with Gasteiger partial charge in [-0.2, -0.15) is 0 Å². The zero-order valence-corrected chi connectivity index (χ0v) is 21.9. The molecular weight excluding hydrogens is 543 g/mol. The van der Waals surface area contributed by atoms with E-state index < -0.39 is 58.3 Å². The van der Waals surface area contributed by atoms with Crippen LogP contribution in [-0.4, -0.2) is 37.0 Å². The second kappa shape index (κ2) is 8.95. The summed E-state index contributed by atoms with van der Waals surface area (Å²) in [6.07, 6.45) is -2.14. The van der Waals surface area contributed by atoms with Crippen molar-refractivity contribution in [3.8, 4) is 17.2 Å². The third-order valence-electron chi connectivity index (χ3n) is 8.46. The van der Waals surface area contributed by atoms with Gasteiger partial charge < -0.3 is 9.84 Å². The summed E-state index contributed by atoms with van der Waals surface area (Å²) in [4.78, 5) is 54.4. The third kappa shape index (κ3) is 3.92. The zero-order chi connectivity index (χ0) is 29.4. The molecule has 6 rings (SSSR count). The van der Waals surface area contributed by atoms with Crippen LogP contribution in [0.1, 0.15) is 37.8 Å². The summed E-state index contributed by atoms with van der Waals surface area (Å²) in [7, 11) is 0. The van der Waals surface area contributed by atoms with Crippen molar-refractivity contribution in [1.29, 1.82) is 0 Å². The van der Waals surface area contributed by atoms with Gasteiger partial charge in [-0.25, -0.2) is 23.5 Å². The highest BCUT2D eigenvalue weighted by Crippen LogP contribution is 2.61. The van der Waals surface area contributed by atoms with Gasteiger partial charge in [0, 0.05) is 17.4 Å². The van der Waals surface area contributed by atoms with E-state index >= 15 is 0 Å². The van der Waals surface area contributed by atoms with Crippen molar-refractivity contribution in [2.45, 2.75) is 45.1 Å². The monoisotopic (exact) mass is 567 g/mol. The van der Waals surface area contributed by atoms with Crippen LogP contribution >= 0.6 is 0 Å². The van der Waals surface area contributed by atoms with Crippen LogP contribution in [0.15, 0.2) is 81.4 Å². The molecule has 12 heteroatoms. The van der Waals surface area contributed by atoms with E-state index in [1.165, 1.54) is 22.4 Å². The molecule has 0 amide bonds. The lowest BCUT2D eigenvalue weighted by molar-refractivity contribution is -0.274. The number of aromatic nitrogens is 3. The number of fused-ring (bicyclic) bond motifs is 4. The number of halogens is 3. The summed E-state index contributed by atoms with van der Waals surface area (Å²) in [5.74, 6) is -3.91. The second-order valence-corrected chi connectivity index (χ2v) is 10.7. The van der Waals surface area contributed by atoms with E-state index in [0.717, 1.165) is 22.8 Å². The Morgan fingerprint density at radius 2 is 1.73 bits per heavy atom. The number of phenols is 1. The summed E-state index contributed by atoms with van der Waals surface area (Å²) in [5.41, 5.74) is -1.87. The second-order valence-electron chi connectivity index (χ2n) is 10.7. The number of para-hydroxylation sites is 1. The Balaban J connectivity index is 1.59. The largest absolute Gasteiger partial charge is 0.573 e. The number of alkyl halides is 3. The average molecular weight is 568 g/mol. The quantitative estimate of drug-likeness (QED) is 0.482. The Bertz CT molecular complexity index is 1800. The maximum Gasteiger partial charge on any atom is 0.573 e. The lowest BCUT2D eigenvalue weighted by Crippen LogP contribution is -2.54. The topological polar surface area (TPSA) is 113 Å². The molecule has 3 aliphatic rings. The lowest BCUT2D eigenvalue weighted by Gasteiger charge is -2.52. The Morgan fingerprint density at radius 1 is 1.02 bits per heavy atom. The smallest absolute Gasteiger partial charge is 0.508 e. The van der Waals surface area contributed by atoms with Crippen LogP contribution in [0.3, 0.4) is 0 Å². The molecule has 1 aliphatic heterocycles. The first-order valence-corrected chi connectivity index (χ1v) is 12.9. The first kappa shape index (κ1) is 26.6. The fourth-order valence-corrected chi connectivity index (χ4v) is 6.76. The summed E-state index contributed by atoms with van der Waals surface area (Å²) in [5, 5.41) is 10.9. The van der Waals surface area contributed by atoms with E-state index in [4.69, 9.17) is 0 Å². The molecule has 1 N–H and O–H groups in total. The molecule has 0 saturated heterocycles. The molecule has 0 bridgehead atoms. The number of hydrogen-bond donors (Lipinski definition) is 1. The van der Waals surface area contributed by atoms with Crippen LogP contribution in [0, 0.1) is 11.3 Å². The van der Waals surface area contributed by atoms with Crippen molar-refractivity contribution in [2.24, 2.45) is 11.3 Å². The van der Waals surface area contributed by atoms with Gasteiger partial charge in [-0.3, -0.25) is 9.59 Å². The van der Waals surface area contributed by atoms with E-state index in [0.29, 0.717) is 11.3 Å². The van der Waals surface area contributed by atoms with Crippen molar-refractivity contribution in [1.82, 2.24) is 13.9 Å². The fraction of sp³-hybridized carbons (Fsp3) is 0.310. The Kier molecular flexibility index (Phi) is 5.81. The Labute approximate surface area is 230 Å². The zero-order valence-electron chi connectivity index (χ0n) is 21.9. The number of ketones is 2. The maximum atomic E-state index is 13.8. The molecule has 9 nitrogen and oxygen atoms in total. The summed E-state index contributed by atoms with van der Waals surface area (Å²) in [6.45, 7) is 2.98. The minimum atomic E-state index is -5.01. The van der Waals surface area contributed by atoms with E-state index in [1.807, 2.05) is 0 Å². The number of rotatable bonds is 3.